The van der Waals surface area contributed by atoms with E-state index in [0.29, 0.717) is 23.3 Å². The summed E-state index contributed by atoms with van der Waals surface area (Å²) in [6, 6.07) is 17.2. The third kappa shape index (κ3) is 5.12. The van der Waals surface area contributed by atoms with Crippen LogP contribution in [-0.4, -0.2) is 16.0 Å². The second kappa shape index (κ2) is 9.62. The van der Waals surface area contributed by atoms with Crippen LogP contribution in [0.5, 0.6) is 0 Å². The molecule has 2 aromatic heterocycles. The predicted octanol–water partition coefficient (Wildman–Crippen LogP) is 6.13. The molecule has 2 N–H and O–H groups in total. The first-order valence-corrected chi connectivity index (χ1v) is 10.8. The third-order valence-corrected chi connectivity index (χ3v) is 5.34. The summed E-state index contributed by atoms with van der Waals surface area (Å²) in [5.41, 5.74) is 4.35. The Hall–Kier alpha value is -3.71. The average Bonchev–Trinajstić information content (AvgIpc) is 3.46. The number of hydrogen-bond acceptors (Lipinski definition) is 5. The number of hydrogen-bond donors (Lipinski definition) is 2. The molecule has 0 aliphatic carbocycles. The molecule has 0 spiro atoms. The number of carbonyl (C=O) groups is 1. The lowest BCUT2D eigenvalue weighted by Crippen LogP contribution is -2.32. The fourth-order valence-electron chi connectivity index (χ4n) is 3.20. The Kier molecular flexibility index (Phi) is 6.47. The Morgan fingerprint density at radius 2 is 2.06 bits per heavy atom. The monoisotopic (exact) mass is 445 g/mol. The highest BCUT2D eigenvalue weighted by molar-refractivity contribution is 7.80. The van der Waals surface area contributed by atoms with Gasteiger partial charge in [0, 0.05) is 17.3 Å². The van der Waals surface area contributed by atoms with Crippen molar-refractivity contribution in [2.75, 3.05) is 5.32 Å². The number of amides is 1. The van der Waals surface area contributed by atoms with Crippen molar-refractivity contribution in [3.05, 3.63) is 78.3 Å². The normalized spacial score (nSPS) is 12.2. The Labute approximate surface area is 191 Å². The zero-order chi connectivity index (χ0) is 22.5. The van der Waals surface area contributed by atoms with E-state index in [-0.39, 0.29) is 11.0 Å². The topological polar surface area (TPSA) is 80.3 Å². The number of fused-ring (bicyclic) bond motifs is 1. The van der Waals surface area contributed by atoms with Gasteiger partial charge in [-0.1, -0.05) is 26.0 Å². The van der Waals surface area contributed by atoms with Gasteiger partial charge in [-0.2, -0.15) is 0 Å². The van der Waals surface area contributed by atoms with Crippen molar-refractivity contribution in [2.45, 2.75) is 26.2 Å². The van der Waals surface area contributed by atoms with E-state index < -0.39 is 0 Å². The van der Waals surface area contributed by atoms with Crippen LogP contribution in [-0.2, 0) is 4.79 Å². The van der Waals surface area contributed by atoms with Crippen LogP contribution in [0.1, 0.15) is 37.5 Å². The summed E-state index contributed by atoms with van der Waals surface area (Å²) in [5, 5.41) is 5.81. The summed E-state index contributed by atoms with van der Waals surface area (Å²) in [6.07, 6.45) is 5.53. The number of thiocarbonyl (C=S) groups is 1. The number of benzene rings is 2. The minimum atomic E-state index is -0.355. The molecule has 0 aliphatic heterocycles. The lowest BCUT2D eigenvalue weighted by molar-refractivity contribution is -0.115. The van der Waals surface area contributed by atoms with Gasteiger partial charge in [0.1, 0.15) is 11.3 Å². The van der Waals surface area contributed by atoms with Crippen LogP contribution in [0.4, 0.5) is 5.69 Å². The molecule has 0 aliphatic rings. The van der Waals surface area contributed by atoms with E-state index in [1.807, 2.05) is 30.3 Å². The maximum Gasteiger partial charge on any atom is 0.250 e. The van der Waals surface area contributed by atoms with E-state index in [4.69, 9.17) is 21.1 Å². The van der Waals surface area contributed by atoms with Gasteiger partial charge in [-0.05, 0) is 78.7 Å². The molecule has 0 bridgehead atoms. The summed E-state index contributed by atoms with van der Waals surface area (Å²) >= 11 is 5.25. The minimum Gasteiger partial charge on any atom is -0.465 e. The molecule has 2 heterocycles. The molecule has 1 unspecified atom stereocenters. The first-order chi connectivity index (χ1) is 15.5. The molecule has 1 amide bonds. The number of oxazole rings is 1. The zero-order valence-corrected chi connectivity index (χ0v) is 18.6. The molecule has 1 atom stereocenters. The van der Waals surface area contributed by atoms with Crippen LogP contribution in [0.15, 0.2) is 75.8 Å². The van der Waals surface area contributed by atoms with E-state index in [2.05, 4.69) is 41.6 Å². The van der Waals surface area contributed by atoms with Crippen LogP contribution in [0, 0.1) is 0 Å². The van der Waals surface area contributed by atoms with E-state index in [1.54, 1.807) is 18.2 Å². The highest BCUT2D eigenvalue weighted by Gasteiger charge is 2.12. The minimum absolute atomic E-state index is 0.187. The van der Waals surface area contributed by atoms with E-state index in [0.717, 1.165) is 23.1 Å². The molecule has 6 nitrogen and oxygen atoms in total. The van der Waals surface area contributed by atoms with Crippen molar-refractivity contribution >= 4 is 46.1 Å². The van der Waals surface area contributed by atoms with Gasteiger partial charge in [-0.15, -0.1) is 0 Å². The van der Waals surface area contributed by atoms with E-state index in [1.165, 1.54) is 17.9 Å². The molecule has 2 aromatic carbocycles. The molecule has 4 aromatic rings. The molecule has 0 fully saturated rings. The molecule has 7 heteroatoms. The Morgan fingerprint density at radius 1 is 1.19 bits per heavy atom. The summed E-state index contributed by atoms with van der Waals surface area (Å²) in [7, 11) is 0. The number of furan rings is 1. The second-order valence-corrected chi connectivity index (χ2v) is 7.84. The fraction of sp³-hybridized carbons (Fsp3) is 0.160. The van der Waals surface area contributed by atoms with Crippen LogP contribution >= 0.6 is 12.2 Å². The quantitative estimate of drug-likeness (QED) is 0.275. The molecule has 32 heavy (non-hydrogen) atoms. The van der Waals surface area contributed by atoms with Gasteiger partial charge in [0.25, 0.3) is 0 Å². The Bertz CT molecular complexity index is 1270. The largest absolute Gasteiger partial charge is 0.465 e. The van der Waals surface area contributed by atoms with Gasteiger partial charge in [-0.3, -0.25) is 10.1 Å². The number of nitrogens with zero attached hydrogens (tertiary/aromatic N) is 1. The average molecular weight is 446 g/mol. The highest BCUT2D eigenvalue weighted by atomic mass is 32.1. The van der Waals surface area contributed by atoms with Crippen LogP contribution in [0.2, 0.25) is 0 Å². The molecule has 0 saturated carbocycles. The molecular weight excluding hydrogens is 422 g/mol. The van der Waals surface area contributed by atoms with Gasteiger partial charge in [0.2, 0.25) is 11.8 Å². The van der Waals surface area contributed by atoms with Gasteiger partial charge in [0.15, 0.2) is 10.7 Å². The lowest BCUT2D eigenvalue weighted by atomic mass is 9.98. The first kappa shape index (κ1) is 21.5. The third-order valence-electron chi connectivity index (χ3n) is 5.14. The number of nitrogens with one attached hydrogen (secondary N) is 2. The van der Waals surface area contributed by atoms with Gasteiger partial charge in [0.05, 0.1) is 6.26 Å². The lowest BCUT2D eigenvalue weighted by Gasteiger charge is -2.08. The summed E-state index contributed by atoms with van der Waals surface area (Å²) in [6.45, 7) is 4.37. The molecule has 0 radical (unpaired) electrons. The molecule has 4 rings (SSSR count). The molecule has 162 valence electrons. The standard InChI is InChI=1S/C25H23N3O3S/c1-3-16(2)17-9-11-22-21(15-17)27-24(31-22)18-6-4-7-19(14-18)26-25(32)28-23(29)12-10-20-8-5-13-30-20/h4-16H,3H2,1-2H3,(H2,26,28,29,32)/b12-10+. The van der Waals surface area contributed by atoms with Crippen molar-refractivity contribution in [3.63, 3.8) is 0 Å². The number of carbonyl (C=O) groups excluding carboxylic acids is 1. The Morgan fingerprint density at radius 3 is 2.84 bits per heavy atom. The van der Waals surface area contributed by atoms with E-state index in [9.17, 15) is 4.79 Å². The smallest absolute Gasteiger partial charge is 0.250 e. The maximum absolute atomic E-state index is 12.0. The molecule has 0 saturated heterocycles. The van der Waals surface area contributed by atoms with E-state index >= 15 is 0 Å². The van der Waals surface area contributed by atoms with Crippen molar-refractivity contribution in [1.29, 1.82) is 0 Å². The van der Waals surface area contributed by atoms with Crippen LogP contribution in [0.3, 0.4) is 0 Å². The van der Waals surface area contributed by atoms with Gasteiger partial charge >= 0.3 is 0 Å². The van der Waals surface area contributed by atoms with Crippen molar-refractivity contribution in [1.82, 2.24) is 10.3 Å². The molecular formula is C25H23N3O3S. The predicted molar refractivity (Wildman–Crippen MR) is 130 cm³/mol. The van der Waals surface area contributed by atoms with Crippen molar-refractivity contribution < 1.29 is 13.6 Å². The van der Waals surface area contributed by atoms with Crippen molar-refractivity contribution in [3.8, 4) is 11.5 Å². The van der Waals surface area contributed by atoms with Crippen LogP contribution in [0.25, 0.3) is 28.6 Å². The Balaban J connectivity index is 1.45. The van der Waals surface area contributed by atoms with Gasteiger partial charge < -0.3 is 14.2 Å². The second-order valence-electron chi connectivity index (χ2n) is 7.43. The van der Waals surface area contributed by atoms with Gasteiger partial charge in [-0.25, -0.2) is 4.98 Å². The summed E-state index contributed by atoms with van der Waals surface area (Å²) in [4.78, 5) is 16.7. The SMILES string of the molecule is CCC(C)c1ccc2oc(-c3cccc(NC(=S)NC(=O)/C=C/c4ccco4)c3)nc2c1. The summed E-state index contributed by atoms with van der Waals surface area (Å²) < 4.78 is 11.1. The zero-order valence-electron chi connectivity index (χ0n) is 17.8. The summed E-state index contributed by atoms with van der Waals surface area (Å²) in [5.74, 6) is 1.23. The van der Waals surface area contributed by atoms with Crippen LogP contribution < -0.4 is 10.6 Å². The number of anilines is 1. The maximum atomic E-state index is 12.0. The fourth-order valence-corrected chi connectivity index (χ4v) is 3.42. The van der Waals surface area contributed by atoms with Crippen molar-refractivity contribution in [2.24, 2.45) is 0 Å². The number of rotatable bonds is 6. The first-order valence-electron chi connectivity index (χ1n) is 10.4. The highest BCUT2D eigenvalue weighted by Crippen LogP contribution is 2.29. The number of aromatic nitrogens is 1.